The third kappa shape index (κ3) is 3.98. The standard InChI is InChI=1S/C16H21NO5/c1-20-8-9-22-14-7-6-11(10-15(14)21-2)16(19)17-12-4-3-5-13(12)18/h6-7,10,12H,3-5,8-9H2,1-2H3,(H,17,19). The minimum absolute atomic E-state index is 0.0971. The summed E-state index contributed by atoms with van der Waals surface area (Å²) in [4.78, 5) is 23.8. The Balaban J connectivity index is 2.04. The Morgan fingerprint density at radius 3 is 2.73 bits per heavy atom. The van der Waals surface area contributed by atoms with E-state index in [4.69, 9.17) is 14.2 Å². The molecule has 1 aliphatic rings. The van der Waals surface area contributed by atoms with Gasteiger partial charge in [0.1, 0.15) is 6.61 Å². The van der Waals surface area contributed by atoms with Gasteiger partial charge in [0.2, 0.25) is 0 Å². The van der Waals surface area contributed by atoms with Crippen LogP contribution in [0.2, 0.25) is 0 Å². The molecule has 6 nitrogen and oxygen atoms in total. The van der Waals surface area contributed by atoms with Crippen molar-refractivity contribution < 1.29 is 23.8 Å². The van der Waals surface area contributed by atoms with E-state index < -0.39 is 0 Å². The molecule has 1 amide bonds. The number of nitrogens with one attached hydrogen (secondary N) is 1. The van der Waals surface area contributed by atoms with Crippen molar-refractivity contribution in [3.63, 3.8) is 0 Å². The fourth-order valence-electron chi connectivity index (χ4n) is 2.37. The molecule has 0 radical (unpaired) electrons. The molecular formula is C16H21NO5. The zero-order valence-electron chi connectivity index (χ0n) is 12.9. The van der Waals surface area contributed by atoms with Gasteiger partial charge in [-0.05, 0) is 31.0 Å². The second kappa shape index (κ2) is 7.79. The lowest BCUT2D eigenvalue weighted by Crippen LogP contribution is -2.37. The maximum absolute atomic E-state index is 12.2. The molecule has 120 valence electrons. The fourth-order valence-corrected chi connectivity index (χ4v) is 2.37. The lowest BCUT2D eigenvalue weighted by atomic mass is 10.1. The summed E-state index contributed by atoms with van der Waals surface area (Å²) in [6.07, 6.45) is 2.08. The van der Waals surface area contributed by atoms with Crippen LogP contribution in [0.25, 0.3) is 0 Å². The van der Waals surface area contributed by atoms with Crippen LogP contribution in [0, 0.1) is 0 Å². The van der Waals surface area contributed by atoms with Gasteiger partial charge in [-0.2, -0.15) is 0 Å². The van der Waals surface area contributed by atoms with Gasteiger partial charge in [0.15, 0.2) is 17.3 Å². The first kappa shape index (κ1) is 16.3. The fraction of sp³-hybridized carbons (Fsp3) is 0.500. The number of ketones is 1. The van der Waals surface area contributed by atoms with Crippen molar-refractivity contribution in [1.82, 2.24) is 5.32 Å². The maximum Gasteiger partial charge on any atom is 0.252 e. The molecular weight excluding hydrogens is 286 g/mol. The number of hydrogen-bond donors (Lipinski definition) is 1. The second-order valence-corrected chi connectivity index (χ2v) is 5.09. The smallest absolute Gasteiger partial charge is 0.252 e. The van der Waals surface area contributed by atoms with Crippen LogP contribution in [0.1, 0.15) is 29.6 Å². The molecule has 6 heteroatoms. The molecule has 1 aromatic rings. The normalized spacial score (nSPS) is 17.4. The number of rotatable bonds is 7. The van der Waals surface area contributed by atoms with E-state index in [9.17, 15) is 9.59 Å². The summed E-state index contributed by atoms with van der Waals surface area (Å²) in [5.74, 6) is 0.844. The summed E-state index contributed by atoms with van der Waals surface area (Å²) in [6.45, 7) is 0.865. The van der Waals surface area contributed by atoms with Crippen LogP contribution in [0.5, 0.6) is 11.5 Å². The molecule has 1 atom stereocenters. The van der Waals surface area contributed by atoms with Crippen molar-refractivity contribution in [1.29, 1.82) is 0 Å². The molecule has 1 saturated carbocycles. The number of methoxy groups -OCH3 is 2. The number of Topliss-reactive ketones (excluding diaryl/α,β-unsaturated/α-hetero) is 1. The van der Waals surface area contributed by atoms with Crippen molar-refractivity contribution in [2.45, 2.75) is 25.3 Å². The third-order valence-corrected chi connectivity index (χ3v) is 3.58. The molecule has 0 aromatic heterocycles. The lowest BCUT2D eigenvalue weighted by Gasteiger charge is -2.14. The summed E-state index contributed by atoms with van der Waals surface area (Å²) >= 11 is 0. The largest absolute Gasteiger partial charge is 0.493 e. The van der Waals surface area contributed by atoms with Crippen molar-refractivity contribution in [2.24, 2.45) is 0 Å². The third-order valence-electron chi connectivity index (χ3n) is 3.58. The number of hydrogen-bond acceptors (Lipinski definition) is 5. The van der Waals surface area contributed by atoms with Gasteiger partial charge in [-0.25, -0.2) is 0 Å². The predicted molar refractivity (Wildman–Crippen MR) is 80.5 cm³/mol. The van der Waals surface area contributed by atoms with Crippen molar-refractivity contribution >= 4 is 11.7 Å². The Labute approximate surface area is 129 Å². The van der Waals surface area contributed by atoms with E-state index in [2.05, 4.69) is 5.32 Å². The van der Waals surface area contributed by atoms with Gasteiger partial charge < -0.3 is 19.5 Å². The van der Waals surface area contributed by atoms with E-state index >= 15 is 0 Å². The SMILES string of the molecule is COCCOc1ccc(C(=O)NC2CCCC2=O)cc1OC. The highest BCUT2D eigenvalue weighted by Gasteiger charge is 2.26. The summed E-state index contributed by atoms with van der Waals surface area (Å²) in [5, 5.41) is 2.76. The molecule has 1 aliphatic carbocycles. The van der Waals surface area contributed by atoms with Crippen molar-refractivity contribution in [2.75, 3.05) is 27.4 Å². The zero-order chi connectivity index (χ0) is 15.9. The Kier molecular flexibility index (Phi) is 5.77. The topological polar surface area (TPSA) is 73.9 Å². The Hall–Kier alpha value is -2.08. The minimum Gasteiger partial charge on any atom is -0.493 e. The average molecular weight is 307 g/mol. The van der Waals surface area contributed by atoms with Gasteiger partial charge >= 0.3 is 0 Å². The van der Waals surface area contributed by atoms with E-state index in [1.807, 2.05) is 0 Å². The lowest BCUT2D eigenvalue weighted by molar-refractivity contribution is -0.118. The Bertz CT molecular complexity index is 543. The minimum atomic E-state index is -0.365. The van der Waals surface area contributed by atoms with Crippen LogP contribution in [0.3, 0.4) is 0 Å². The summed E-state index contributed by atoms with van der Waals surface area (Å²) < 4.78 is 15.7. The van der Waals surface area contributed by atoms with E-state index in [1.165, 1.54) is 7.11 Å². The monoisotopic (exact) mass is 307 g/mol. The van der Waals surface area contributed by atoms with Crippen molar-refractivity contribution in [3.05, 3.63) is 23.8 Å². The molecule has 0 saturated heterocycles. The molecule has 1 fully saturated rings. The number of carbonyl (C=O) groups excluding carboxylic acids is 2. The van der Waals surface area contributed by atoms with Gasteiger partial charge in [0.25, 0.3) is 5.91 Å². The quantitative estimate of drug-likeness (QED) is 0.774. The molecule has 0 spiro atoms. The van der Waals surface area contributed by atoms with Gasteiger partial charge in [0, 0.05) is 19.1 Å². The highest BCUT2D eigenvalue weighted by Crippen LogP contribution is 2.28. The van der Waals surface area contributed by atoms with Gasteiger partial charge in [-0.3, -0.25) is 9.59 Å². The van der Waals surface area contributed by atoms with E-state index in [0.29, 0.717) is 43.1 Å². The number of ether oxygens (including phenoxy) is 3. The molecule has 1 unspecified atom stereocenters. The number of amides is 1. The summed E-state index contributed by atoms with van der Waals surface area (Å²) in [7, 11) is 3.11. The van der Waals surface area contributed by atoms with Crippen LogP contribution in [-0.2, 0) is 9.53 Å². The van der Waals surface area contributed by atoms with E-state index in [1.54, 1.807) is 25.3 Å². The van der Waals surface area contributed by atoms with E-state index in [0.717, 1.165) is 6.42 Å². The molecule has 1 N–H and O–H groups in total. The Morgan fingerprint density at radius 2 is 2.09 bits per heavy atom. The average Bonchev–Trinajstić information content (AvgIpc) is 2.92. The predicted octanol–water partition coefficient (Wildman–Crippen LogP) is 1.57. The van der Waals surface area contributed by atoms with Gasteiger partial charge in [-0.1, -0.05) is 0 Å². The first-order valence-corrected chi connectivity index (χ1v) is 7.29. The summed E-state index contributed by atoms with van der Waals surface area (Å²) in [5.41, 5.74) is 0.440. The van der Waals surface area contributed by atoms with Crippen LogP contribution in [0.4, 0.5) is 0 Å². The highest BCUT2D eigenvalue weighted by molar-refractivity contribution is 5.98. The van der Waals surface area contributed by atoms with E-state index in [-0.39, 0.29) is 17.7 Å². The second-order valence-electron chi connectivity index (χ2n) is 5.09. The molecule has 2 rings (SSSR count). The Morgan fingerprint density at radius 1 is 1.27 bits per heavy atom. The van der Waals surface area contributed by atoms with Gasteiger partial charge in [-0.15, -0.1) is 0 Å². The zero-order valence-corrected chi connectivity index (χ0v) is 12.9. The van der Waals surface area contributed by atoms with Crippen LogP contribution < -0.4 is 14.8 Å². The highest BCUT2D eigenvalue weighted by atomic mass is 16.5. The first-order valence-electron chi connectivity index (χ1n) is 7.29. The molecule has 1 aromatic carbocycles. The molecule has 0 bridgehead atoms. The summed E-state index contributed by atoms with van der Waals surface area (Å²) in [6, 6.07) is 4.58. The molecule has 0 heterocycles. The van der Waals surface area contributed by atoms with Crippen molar-refractivity contribution in [3.8, 4) is 11.5 Å². The number of carbonyl (C=O) groups is 2. The van der Waals surface area contributed by atoms with Crippen LogP contribution in [0.15, 0.2) is 18.2 Å². The molecule has 22 heavy (non-hydrogen) atoms. The first-order chi connectivity index (χ1) is 10.7. The van der Waals surface area contributed by atoms with Crippen LogP contribution >= 0.6 is 0 Å². The molecule has 0 aliphatic heterocycles. The van der Waals surface area contributed by atoms with Crippen LogP contribution in [-0.4, -0.2) is 45.2 Å². The number of benzene rings is 1. The van der Waals surface area contributed by atoms with Gasteiger partial charge in [0.05, 0.1) is 19.8 Å². The maximum atomic E-state index is 12.2.